The van der Waals surface area contributed by atoms with Crippen LogP contribution < -0.4 is 24.8 Å². The van der Waals surface area contributed by atoms with Crippen LogP contribution in [0.15, 0.2) is 109 Å². The van der Waals surface area contributed by atoms with E-state index in [-0.39, 0.29) is 35.6 Å². The van der Waals surface area contributed by atoms with Gasteiger partial charge in [-0.3, -0.25) is 6.08 Å². The molecule has 0 spiro atoms. The quantitative estimate of drug-likeness (QED) is 0.123. The largest absolute Gasteiger partial charge is 1.00 e. The Morgan fingerprint density at radius 3 is 1.31 bits per heavy atom. The smallest absolute Gasteiger partial charge is 1.00 e. The number of alkyl halides is 6. The third-order valence-corrected chi connectivity index (χ3v) is 12.6. The third-order valence-electron chi connectivity index (χ3n) is 11.2. The van der Waals surface area contributed by atoms with E-state index >= 15 is 0 Å². The van der Waals surface area contributed by atoms with E-state index in [2.05, 4.69) is 130 Å². The van der Waals surface area contributed by atoms with E-state index in [4.69, 9.17) is 0 Å². The predicted octanol–water partition coefficient (Wildman–Crippen LogP) is 8.92. The zero-order chi connectivity index (χ0) is 42.0. The zero-order valence-electron chi connectivity index (χ0n) is 34.9. The molecule has 0 saturated carbocycles. The van der Waals surface area contributed by atoms with Gasteiger partial charge in [-0.25, -0.2) is 6.08 Å². The molecule has 5 aromatic rings. The molecule has 3 aliphatic rings. The fourth-order valence-corrected chi connectivity index (χ4v) is 8.91. The Morgan fingerprint density at radius 2 is 1.02 bits per heavy atom. The minimum absolute atomic E-state index is 0. The topological polar surface area (TPSA) is 0 Å². The average molecular weight is 925 g/mol. The second kappa shape index (κ2) is 17.2. The van der Waals surface area contributed by atoms with Gasteiger partial charge in [0.05, 0.1) is 0 Å². The van der Waals surface area contributed by atoms with Crippen LogP contribution in [0.3, 0.4) is 0 Å². The molecule has 59 heavy (non-hydrogen) atoms. The molecule has 310 valence electrons. The van der Waals surface area contributed by atoms with E-state index in [0.29, 0.717) is 25.7 Å². The van der Waals surface area contributed by atoms with Crippen LogP contribution in [0.1, 0.15) is 114 Å². The molecule has 1 unspecified atom stereocenters. The Hall–Kier alpha value is -3.38. The van der Waals surface area contributed by atoms with Crippen molar-refractivity contribution in [2.45, 2.75) is 92.4 Å². The summed E-state index contributed by atoms with van der Waals surface area (Å²) in [6.07, 6.45) is 3.65. The summed E-state index contributed by atoms with van der Waals surface area (Å²) in [6, 6.07) is 21.2. The van der Waals surface area contributed by atoms with Gasteiger partial charge >= 0.3 is 137 Å². The van der Waals surface area contributed by atoms with Crippen molar-refractivity contribution in [2.24, 2.45) is 11.3 Å². The van der Waals surface area contributed by atoms with Crippen molar-refractivity contribution in [2.75, 3.05) is 0 Å². The summed E-state index contributed by atoms with van der Waals surface area (Å²) < 4.78 is 75.6. The van der Waals surface area contributed by atoms with Crippen molar-refractivity contribution in [1.29, 1.82) is 0 Å². The van der Waals surface area contributed by atoms with Gasteiger partial charge < -0.3 is 24.8 Å². The Balaban J connectivity index is 0.000000208. The summed E-state index contributed by atoms with van der Waals surface area (Å²) in [5.41, 5.74) is 10.2. The van der Waals surface area contributed by atoms with Crippen LogP contribution in [-0.2, 0) is 47.4 Å². The van der Waals surface area contributed by atoms with Gasteiger partial charge in [0.2, 0.25) is 0 Å². The summed E-state index contributed by atoms with van der Waals surface area (Å²) in [7, 11) is 0. The molecule has 0 nitrogen and oxygen atoms in total. The van der Waals surface area contributed by atoms with Gasteiger partial charge in [-0.05, 0) is 36.1 Å². The van der Waals surface area contributed by atoms with Crippen LogP contribution in [0.2, 0.25) is 0 Å². The maximum Gasteiger partial charge on any atom is -1.00 e. The van der Waals surface area contributed by atoms with Crippen molar-refractivity contribution in [3.05, 3.63) is 159 Å². The molecule has 0 aromatic heterocycles. The predicted molar refractivity (Wildman–Crippen MR) is 221 cm³/mol. The molecule has 9 heteroatoms. The fraction of sp³-hybridized carbons (Fsp3) is 0.320. The van der Waals surface area contributed by atoms with Gasteiger partial charge in [0.1, 0.15) is 0 Å². The molecule has 3 aliphatic carbocycles. The molecule has 5 aromatic carbocycles. The number of fused-ring (bicyclic) bond motifs is 5. The number of hydrogen-bond donors (Lipinski definition) is 0. The first-order chi connectivity index (χ1) is 26.3. The second-order valence-corrected chi connectivity index (χ2v) is 18.9. The van der Waals surface area contributed by atoms with Gasteiger partial charge in [-0.1, -0.05) is 102 Å². The minimum atomic E-state index is -4.41. The second-order valence-electron chi connectivity index (χ2n) is 17.7. The number of allylic oxidation sites excluding steroid dienone is 8. The van der Waals surface area contributed by atoms with Crippen LogP contribution in [0.5, 0.6) is 0 Å². The molecule has 0 fully saturated rings. The number of rotatable bonds is 2. The van der Waals surface area contributed by atoms with Crippen LogP contribution >= 0.6 is 0 Å². The molecule has 0 N–H and O–H groups in total. The molecule has 0 heterocycles. The molecule has 0 amide bonds. The van der Waals surface area contributed by atoms with Crippen molar-refractivity contribution >= 4 is 35.9 Å². The van der Waals surface area contributed by atoms with Crippen LogP contribution in [0, 0.1) is 17.4 Å². The van der Waals surface area contributed by atoms with E-state index in [1.807, 2.05) is 0 Å². The first kappa shape index (κ1) is 48.3. The Kier molecular flexibility index (Phi) is 14.1. The summed E-state index contributed by atoms with van der Waals surface area (Å²) in [5.74, 6) is 0.522. The van der Waals surface area contributed by atoms with Crippen LogP contribution in [0.4, 0.5) is 26.3 Å². The van der Waals surface area contributed by atoms with Crippen molar-refractivity contribution in [3.63, 3.8) is 0 Å². The Morgan fingerprint density at radius 1 is 0.644 bits per heavy atom. The van der Waals surface area contributed by atoms with Gasteiger partial charge in [-0.2, -0.15) is 11.6 Å². The average Bonchev–Trinajstić information content (AvgIpc) is 3.83. The number of hydrogen-bond acceptors (Lipinski definition) is 0. The van der Waals surface area contributed by atoms with Crippen molar-refractivity contribution < 1.29 is 75.4 Å². The maximum atomic E-state index is 12.5. The molecule has 8 rings (SSSR count). The standard InChI is InChI=1S/C25H25.C15H8F6.C10H15.2ClH.Zr/c1-14-12-24(3,4)22-8-16-7-17-9-23-19(15(2)13-25(23,5)6)11-21(17)20(16)10-18(14)22;16-14(17,18)12-5-1-10(2-6-12)9-11-3-7-13(8-4-11)15(19,20)21;1-8-5-6-9(7-8)10(2,3)4;;;/h7-13H,1-6H3;1-8H;6-8H,1-4H3;2*1H;/q-1;;-1;;;+2/p-2. The van der Waals surface area contributed by atoms with E-state index in [1.165, 1.54) is 84.8 Å². The van der Waals surface area contributed by atoms with Crippen LogP contribution in [-0.4, -0.2) is 3.21 Å². The van der Waals surface area contributed by atoms with E-state index in [1.54, 1.807) is 0 Å². The molecule has 1 atom stereocenters. The molecule has 0 saturated heterocycles. The minimum Gasteiger partial charge on any atom is -1.00 e. The first-order valence-corrected chi connectivity index (χ1v) is 20.4. The van der Waals surface area contributed by atoms with Gasteiger partial charge in [0, 0.05) is 10.8 Å². The number of benzene rings is 4. The maximum absolute atomic E-state index is 12.5. The first-order valence-electron chi connectivity index (χ1n) is 19.1. The molecular weight excluding hydrogens is 877 g/mol. The fourth-order valence-electron chi connectivity index (χ4n) is 8.09. The monoisotopic (exact) mass is 922 g/mol. The summed E-state index contributed by atoms with van der Waals surface area (Å²) in [6.45, 7) is 22.6. The van der Waals surface area contributed by atoms with E-state index < -0.39 is 23.5 Å². The van der Waals surface area contributed by atoms with Crippen molar-refractivity contribution in [3.8, 4) is 0 Å². The molecule has 0 radical (unpaired) electrons. The van der Waals surface area contributed by atoms with Gasteiger partial charge in [0.15, 0.2) is 0 Å². The van der Waals surface area contributed by atoms with E-state index in [9.17, 15) is 26.3 Å². The van der Waals surface area contributed by atoms with E-state index in [0.717, 1.165) is 48.5 Å². The normalized spacial score (nSPS) is 17.3. The van der Waals surface area contributed by atoms with Gasteiger partial charge in [0.25, 0.3) is 0 Å². The summed E-state index contributed by atoms with van der Waals surface area (Å²) in [5, 5.41) is 5.57. The molecule has 0 aliphatic heterocycles. The zero-order valence-corrected chi connectivity index (χ0v) is 38.9. The van der Waals surface area contributed by atoms with Gasteiger partial charge in [-0.15, -0.1) is 39.7 Å². The van der Waals surface area contributed by atoms with Crippen LogP contribution in [0.25, 0.3) is 32.7 Å². The summed E-state index contributed by atoms with van der Waals surface area (Å²) >= 11 is 0.898. The Bertz CT molecular complexity index is 2350. The summed E-state index contributed by atoms with van der Waals surface area (Å²) in [4.78, 5) is 0. The SMILES string of the molecule is CC1=CC(C)(C)c2cc3[cH-]c4cc5c(cc4c3cc21)C(C)=CC5(C)C.CC1[C-]=CC(C(C)(C)C)=C1.FC(F)(F)c1ccc([C](=[Zr+2])c2ccc(C(F)(F)F)cc2)cc1.[Cl-].[Cl-]. The molecule has 0 bridgehead atoms. The number of halogens is 8. The Labute approximate surface area is 372 Å². The third kappa shape index (κ3) is 10.2. The molecular formula is C50H48Cl2F6Zr-2. The van der Waals surface area contributed by atoms with Crippen molar-refractivity contribution in [1.82, 2.24) is 0 Å².